The molecule has 1 aromatic carbocycles. The molecular formula is C16H20N2O2. The van der Waals surface area contributed by atoms with Crippen molar-refractivity contribution in [1.29, 1.82) is 0 Å². The third-order valence-corrected chi connectivity index (χ3v) is 3.63. The molecule has 1 aliphatic rings. The molecule has 4 heteroatoms. The van der Waals surface area contributed by atoms with Gasteiger partial charge in [0.15, 0.2) is 5.78 Å². The van der Waals surface area contributed by atoms with E-state index in [1.54, 1.807) is 31.2 Å². The van der Waals surface area contributed by atoms with Crippen molar-refractivity contribution in [2.24, 2.45) is 0 Å². The molecule has 20 heavy (non-hydrogen) atoms. The molecule has 106 valence electrons. The van der Waals surface area contributed by atoms with Crippen molar-refractivity contribution in [2.75, 3.05) is 27.2 Å². The maximum atomic E-state index is 12.6. The zero-order valence-electron chi connectivity index (χ0n) is 12.2. The predicted molar refractivity (Wildman–Crippen MR) is 79.0 cm³/mol. The highest BCUT2D eigenvalue weighted by Gasteiger charge is 2.31. The Balaban J connectivity index is 2.32. The lowest BCUT2D eigenvalue weighted by molar-refractivity contribution is 0.0947. The Bertz CT molecular complexity index is 576. The number of hydrogen-bond acceptors (Lipinski definition) is 4. The van der Waals surface area contributed by atoms with E-state index in [4.69, 9.17) is 0 Å². The first-order valence-electron chi connectivity index (χ1n) is 6.83. The Morgan fingerprint density at radius 2 is 1.70 bits per heavy atom. The van der Waals surface area contributed by atoms with Gasteiger partial charge in [-0.2, -0.15) is 0 Å². The van der Waals surface area contributed by atoms with Crippen molar-refractivity contribution < 1.29 is 9.59 Å². The lowest BCUT2D eigenvalue weighted by atomic mass is 9.87. The average Bonchev–Trinajstić information content (AvgIpc) is 2.45. The van der Waals surface area contributed by atoms with Gasteiger partial charge >= 0.3 is 0 Å². The fourth-order valence-corrected chi connectivity index (χ4v) is 2.55. The summed E-state index contributed by atoms with van der Waals surface area (Å²) in [6.07, 6.45) is 0.924. The van der Waals surface area contributed by atoms with E-state index < -0.39 is 0 Å². The van der Waals surface area contributed by atoms with Crippen LogP contribution in [-0.4, -0.2) is 43.7 Å². The van der Waals surface area contributed by atoms with Crippen LogP contribution in [0.4, 0.5) is 0 Å². The minimum absolute atomic E-state index is 0.0457. The van der Waals surface area contributed by atoms with Crippen molar-refractivity contribution in [1.82, 2.24) is 10.2 Å². The second-order valence-corrected chi connectivity index (χ2v) is 5.06. The topological polar surface area (TPSA) is 49.4 Å². The number of likely N-dealkylation sites (N-methyl/N-ethyl adjacent to an activating group) is 1. The number of allylic oxidation sites excluding steroid dienone is 2. The Morgan fingerprint density at radius 3 is 2.30 bits per heavy atom. The highest BCUT2D eigenvalue weighted by molar-refractivity contribution is 6.26. The van der Waals surface area contributed by atoms with Crippen molar-refractivity contribution >= 4 is 11.6 Å². The lowest BCUT2D eigenvalue weighted by Crippen LogP contribution is -2.32. The van der Waals surface area contributed by atoms with Gasteiger partial charge < -0.3 is 10.2 Å². The first-order valence-corrected chi connectivity index (χ1v) is 6.83. The van der Waals surface area contributed by atoms with Crippen LogP contribution in [0.2, 0.25) is 0 Å². The summed E-state index contributed by atoms with van der Waals surface area (Å²) in [4.78, 5) is 26.8. The van der Waals surface area contributed by atoms with E-state index in [2.05, 4.69) is 5.32 Å². The van der Waals surface area contributed by atoms with Gasteiger partial charge in [0.25, 0.3) is 0 Å². The molecule has 0 aromatic heterocycles. The molecule has 0 saturated carbocycles. The fourth-order valence-electron chi connectivity index (χ4n) is 2.55. The molecule has 0 fully saturated rings. The van der Waals surface area contributed by atoms with E-state index in [0.717, 1.165) is 19.5 Å². The molecule has 0 spiro atoms. The van der Waals surface area contributed by atoms with E-state index in [9.17, 15) is 9.59 Å². The molecule has 1 aromatic rings. The van der Waals surface area contributed by atoms with Crippen LogP contribution in [-0.2, 0) is 0 Å². The van der Waals surface area contributed by atoms with Gasteiger partial charge in [0.2, 0.25) is 5.78 Å². The Labute approximate surface area is 119 Å². The van der Waals surface area contributed by atoms with E-state index in [1.165, 1.54) is 0 Å². The molecule has 0 saturated heterocycles. The van der Waals surface area contributed by atoms with Gasteiger partial charge in [-0.05, 0) is 26.9 Å². The van der Waals surface area contributed by atoms with Crippen LogP contribution in [0.25, 0.3) is 0 Å². The largest absolute Gasteiger partial charge is 0.371 e. The molecule has 0 unspecified atom stereocenters. The average molecular weight is 272 g/mol. The van der Waals surface area contributed by atoms with E-state index in [-0.39, 0.29) is 11.6 Å². The smallest absolute Gasteiger partial charge is 0.210 e. The number of fused-ring (bicyclic) bond motifs is 1. The predicted octanol–water partition coefficient (Wildman–Crippen LogP) is 1.88. The number of benzene rings is 1. The van der Waals surface area contributed by atoms with Crippen molar-refractivity contribution in [2.45, 2.75) is 13.3 Å². The van der Waals surface area contributed by atoms with Gasteiger partial charge in [0, 0.05) is 30.3 Å². The first kappa shape index (κ1) is 14.5. The Morgan fingerprint density at radius 1 is 1.10 bits per heavy atom. The number of Topliss-reactive ketones (excluding diaryl/α,β-unsaturated/α-hetero) is 2. The summed E-state index contributed by atoms with van der Waals surface area (Å²) in [7, 11) is 3.77. The zero-order valence-corrected chi connectivity index (χ0v) is 12.2. The molecule has 2 rings (SSSR count). The molecule has 0 aliphatic heterocycles. The van der Waals surface area contributed by atoms with Crippen LogP contribution >= 0.6 is 0 Å². The van der Waals surface area contributed by atoms with Gasteiger partial charge in [0.05, 0.1) is 5.70 Å². The molecule has 0 bridgehead atoms. The number of carbonyl (C=O) groups excluding carboxylic acids is 2. The van der Waals surface area contributed by atoms with Gasteiger partial charge in [-0.25, -0.2) is 0 Å². The number of rotatable bonds is 5. The van der Waals surface area contributed by atoms with Crippen LogP contribution < -0.4 is 5.32 Å². The monoisotopic (exact) mass is 272 g/mol. The molecule has 1 aliphatic carbocycles. The summed E-state index contributed by atoms with van der Waals surface area (Å²) in [5.74, 6) is -0.0969. The highest BCUT2D eigenvalue weighted by atomic mass is 16.1. The molecular weight excluding hydrogens is 252 g/mol. The van der Waals surface area contributed by atoms with Crippen LogP contribution in [0.5, 0.6) is 0 Å². The number of nitrogens with one attached hydrogen (secondary N) is 1. The lowest BCUT2D eigenvalue weighted by Gasteiger charge is -2.27. The maximum Gasteiger partial charge on any atom is 0.210 e. The van der Waals surface area contributed by atoms with Crippen molar-refractivity contribution in [3.63, 3.8) is 0 Å². The summed E-state index contributed by atoms with van der Waals surface area (Å²) < 4.78 is 0. The normalized spacial score (nSPS) is 14.6. The van der Waals surface area contributed by atoms with Crippen molar-refractivity contribution in [3.8, 4) is 0 Å². The molecule has 4 nitrogen and oxygen atoms in total. The molecule has 0 radical (unpaired) electrons. The Hall–Kier alpha value is -1.94. The summed E-state index contributed by atoms with van der Waals surface area (Å²) in [5, 5.41) is 3.08. The van der Waals surface area contributed by atoms with Crippen LogP contribution in [0.15, 0.2) is 35.5 Å². The summed E-state index contributed by atoms with van der Waals surface area (Å²) in [6, 6.07) is 7.03. The Kier molecular flexibility index (Phi) is 4.35. The highest BCUT2D eigenvalue weighted by Crippen LogP contribution is 2.27. The molecule has 0 heterocycles. The maximum absolute atomic E-state index is 12.6. The van der Waals surface area contributed by atoms with Gasteiger partial charge in [-0.15, -0.1) is 0 Å². The SMILES string of the molecule is CNCCCN(C)C1=C(C)C(=O)c2ccccc2C1=O. The minimum Gasteiger partial charge on any atom is -0.371 e. The minimum atomic E-state index is -0.0512. The molecule has 0 amide bonds. The second kappa shape index (κ2) is 6.01. The van der Waals surface area contributed by atoms with E-state index >= 15 is 0 Å². The van der Waals surface area contributed by atoms with Crippen LogP contribution in [0, 0.1) is 0 Å². The summed E-state index contributed by atoms with van der Waals surface area (Å²) in [6.45, 7) is 3.37. The third kappa shape index (κ3) is 2.51. The molecule has 0 atom stereocenters. The second-order valence-electron chi connectivity index (χ2n) is 5.06. The molecule has 1 N–H and O–H groups in total. The van der Waals surface area contributed by atoms with Gasteiger partial charge in [-0.1, -0.05) is 24.3 Å². The summed E-state index contributed by atoms with van der Waals surface area (Å²) in [5.41, 5.74) is 2.10. The van der Waals surface area contributed by atoms with Crippen LogP contribution in [0.3, 0.4) is 0 Å². The first-order chi connectivity index (χ1) is 9.57. The van der Waals surface area contributed by atoms with Crippen LogP contribution in [0.1, 0.15) is 34.1 Å². The number of ketones is 2. The quantitative estimate of drug-likeness (QED) is 0.832. The number of nitrogens with zero attached hydrogens (tertiary/aromatic N) is 1. The zero-order chi connectivity index (χ0) is 14.7. The standard InChI is InChI=1S/C16H20N2O2/c1-11-14(18(3)10-6-9-17-2)16(20)13-8-5-4-7-12(13)15(11)19/h4-5,7-8,17H,6,9-10H2,1-3H3. The van der Waals surface area contributed by atoms with Crippen molar-refractivity contribution in [3.05, 3.63) is 46.7 Å². The fraction of sp³-hybridized carbons (Fsp3) is 0.375. The summed E-state index contributed by atoms with van der Waals surface area (Å²) >= 11 is 0. The van der Waals surface area contributed by atoms with E-state index in [0.29, 0.717) is 22.4 Å². The van der Waals surface area contributed by atoms with Gasteiger partial charge in [0.1, 0.15) is 0 Å². The van der Waals surface area contributed by atoms with Gasteiger partial charge in [-0.3, -0.25) is 9.59 Å². The number of carbonyl (C=O) groups is 2. The van der Waals surface area contributed by atoms with E-state index in [1.807, 2.05) is 19.0 Å². The third-order valence-electron chi connectivity index (χ3n) is 3.63. The number of hydrogen-bond donors (Lipinski definition) is 1.